The van der Waals surface area contributed by atoms with Gasteiger partial charge in [0, 0.05) is 30.6 Å². The normalized spacial score (nSPS) is 15.4. The Morgan fingerprint density at radius 3 is 2.24 bits per heavy atom. The topological polar surface area (TPSA) is 104 Å². The third kappa shape index (κ3) is 7.83. The maximum absolute atomic E-state index is 13.0. The standard InChI is InChI=1S/C25H32FN3O4S/c1-34(32,33)22-13-7-19(8-14-22)24(30)29-23(17-18-5-3-2-4-6-18)25(31)28-16-15-27-21-11-9-20(26)10-12-21/h7-14,18,23,27H,2-6,15-17H2,1H3,(H,28,31)(H,29,30)/t23-/m0/s1. The van der Waals surface area contributed by atoms with Crippen LogP contribution in [0.4, 0.5) is 10.1 Å². The zero-order valence-electron chi connectivity index (χ0n) is 19.3. The highest BCUT2D eigenvalue weighted by Crippen LogP contribution is 2.27. The van der Waals surface area contributed by atoms with Gasteiger partial charge in [0.25, 0.3) is 5.91 Å². The molecule has 2 amide bonds. The van der Waals surface area contributed by atoms with Crippen molar-refractivity contribution in [2.45, 2.75) is 49.5 Å². The summed E-state index contributed by atoms with van der Waals surface area (Å²) in [5.41, 5.74) is 1.05. The second kappa shape index (κ2) is 12.0. The number of carbonyl (C=O) groups is 2. The molecule has 1 aliphatic rings. The van der Waals surface area contributed by atoms with E-state index in [1.807, 2.05) is 0 Å². The van der Waals surface area contributed by atoms with Crippen molar-refractivity contribution in [2.24, 2.45) is 5.92 Å². The molecule has 0 bridgehead atoms. The highest BCUT2D eigenvalue weighted by Gasteiger charge is 2.26. The second-order valence-electron chi connectivity index (χ2n) is 8.79. The molecule has 3 N–H and O–H groups in total. The largest absolute Gasteiger partial charge is 0.383 e. The van der Waals surface area contributed by atoms with Crippen molar-refractivity contribution in [3.8, 4) is 0 Å². The van der Waals surface area contributed by atoms with E-state index < -0.39 is 21.8 Å². The van der Waals surface area contributed by atoms with Crippen LogP contribution in [0.25, 0.3) is 0 Å². The first-order valence-corrected chi connectivity index (χ1v) is 13.5. The molecule has 0 radical (unpaired) electrons. The molecular weight excluding hydrogens is 457 g/mol. The van der Waals surface area contributed by atoms with E-state index in [4.69, 9.17) is 0 Å². The Labute approximate surface area is 200 Å². The van der Waals surface area contributed by atoms with Crippen molar-refractivity contribution in [2.75, 3.05) is 24.7 Å². The lowest BCUT2D eigenvalue weighted by Crippen LogP contribution is -2.48. The molecule has 0 aromatic heterocycles. The number of carbonyl (C=O) groups excluding carboxylic acids is 2. The van der Waals surface area contributed by atoms with Crippen LogP contribution in [0, 0.1) is 11.7 Å². The Hall–Kier alpha value is -2.94. The van der Waals surface area contributed by atoms with Gasteiger partial charge in [0.05, 0.1) is 4.90 Å². The maximum atomic E-state index is 13.0. The third-order valence-electron chi connectivity index (χ3n) is 6.06. The van der Waals surface area contributed by atoms with Crippen molar-refractivity contribution >= 4 is 27.3 Å². The van der Waals surface area contributed by atoms with Gasteiger partial charge >= 0.3 is 0 Å². The lowest BCUT2D eigenvalue weighted by atomic mass is 9.84. The fourth-order valence-corrected chi connectivity index (χ4v) is 4.80. The van der Waals surface area contributed by atoms with Gasteiger partial charge in [-0.2, -0.15) is 0 Å². The summed E-state index contributed by atoms with van der Waals surface area (Å²) in [7, 11) is -3.36. The van der Waals surface area contributed by atoms with E-state index in [0.29, 0.717) is 31.0 Å². The van der Waals surface area contributed by atoms with Crippen LogP contribution >= 0.6 is 0 Å². The minimum absolute atomic E-state index is 0.134. The van der Waals surface area contributed by atoms with Gasteiger partial charge in [0.1, 0.15) is 11.9 Å². The lowest BCUT2D eigenvalue weighted by Gasteiger charge is -2.26. The van der Waals surface area contributed by atoms with E-state index >= 15 is 0 Å². The average molecular weight is 490 g/mol. The average Bonchev–Trinajstić information content (AvgIpc) is 2.82. The summed E-state index contributed by atoms with van der Waals surface area (Å²) in [5, 5.41) is 8.82. The van der Waals surface area contributed by atoms with Crippen LogP contribution in [-0.2, 0) is 14.6 Å². The van der Waals surface area contributed by atoms with Crippen molar-refractivity contribution in [1.29, 1.82) is 0 Å². The van der Waals surface area contributed by atoms with Crippen LogP contribution in [0.1, 0.15) is 48.9 Å². The van der Waals surface area contributed by atoms with Gasteiger partial charge in [-0.05, 0) is 60.9 Å². The van der Waals surface area contributed by atoms with Crippen LogP contribution in [0.2, 0.25) is 0 Å². The van der Waals surface area contributed by atoms with E-state index in [1.54, 1.807) is 12.1 Å². The van der Waals surface area contributed by atoms with Crippen molar-refractivity contribution < 1.29 is 22.4 Å². The Morgan fingerprint density at radius 2 is 1.62 bits per heavy atom. The molecule has 1 saturated carbocycles. The Kier molecular flexibility index (Phi) is 9.04. The van der Waals surface area contributed by atoms with Crippen molar-refractivity contribution in [1.82, 2.24) is 10.6 Å². The number of amides is 2. The molecular formula is C25H32FN3O4S. The first-order chi connectivity index (χ1) is 16.2. The highest BCUT2D eigenvalue weighted by molar-refractivity contribution is 7.90. The summed E-state index contributed by atoms with van der Waals surface area (Å²) in [6.07, 6.45) is 7.19. The highest BCUT2D eigenvalue weighted by atomic mass is 32.2. The van der Waals surface area contributed by atoms with Crippen LogP contribution in [0.5, 0.6) is 0 Å². The van der Waals surface area contributed by atoms with Gasteiger partial charge in [-0.25, -0.2) is 12.8 Å². The molecule has 1 atom stereocenters. The molecule has 0 saturated heterocycles. The Morgan fingerprint density at radius 1 is 0.971 bits per heavy atom. The van der Waals surface area contributed by atoms with Gasteiger partial charge in [-0.1, -0.05) is 32.1 Å². The first kappa shape index (κ1) is 25.7. The maximum Gasteiger partial charge on any atom is 0.251 e. The molecule has 9 heteroatoms. The van der Waals surface area contributed by atoms with E-state index in [-0.39, 0.29) is 16.6 Å². The van der Waals surface area contributed by atoms with Crippen LogP contribution in [-0.4, -0.2) is 45.6 Å². The SMILES string of the molecule is CS(=O)(=O)c1ccc(C(=O)N[C@@H](CC2CCCCC2)C(=O)NCCNc2ccc(F)cc2)cc1. The lowest BCUT2D eigenvalue weighted by molar-refractivity contribution is -0.123. The molecule has 0 aliphatic heterocycles. The van der Waals surface area contributed by atoms with Gasteiger partial charge in [0.2, 0.25) is 5.91 Å². The van der Waals surface area contributed by atoms with Crippen molar-refractivity contribution in [3.63, 3.8) is 0 Å². The van der Waals surface area contributed by atoms with Crippen LogP contribution in [0.15, 0.2) is 53.4 Å². The first-order valence-electron chi connectivity index (χ1n) is 11.6. The third-order valence-corrected chi connectivity index (χ3v) is 7.19. The molecule has 0 unspecified atom stereocenters. The van der Waals surface area contributed by atoms with Crippen LogP contribution in [0.3, 0.4) is 0 Å². The summed E-state index contributed by atoms with van der Waals surface area (Å²) in [4.78, 5) is 25.9. The number of halogens is 1. The predicted octanol–water partition coefficient (Wildman–Crippen LogP) is 3.53. The molecule has 184 valence electrons. The molecule has 34 heavy (non-hydrogen) atoms. The molecule has 2 aromatic carbocycles. The van der Waals surface area contributed by atoms with Crippen molar-refractivity contribution in [3.05, 3.63) is 59.9 Å². The summed E-state index contributed by atoms with van der Waals surface area (Å²) < 4.78 is 36.3. The monoisotopic (exact) mass is 489 g/mol. The number of hydrogen-bond donors (Lipinski definition) is 3. The van der Waals surface area contributed by atoms with Gasteiger partial charge in [-0.3, -0.25) is 9.59 Å². The second-order valence-corrected chi connectivity index (χ2v) is 10.8. The molecule has 3 rings (SSSR count). The summed E-state index contributed by atoms with van der Waals surface area (Å²) >= 11 is 0. The number of rotatable bonds is 10. The quantitative estimate of drug-likeness (QED) is 0.443. The number of sulfone groups is 1. The molecule has 2 aromatic rings. The smallest absolute Gasteiger partial charge is 0.251 e. The summed E-state index contributed by atoms with van der Waals surface area (Å²) in [6, 6.07) is 11.0. The Bertz CT molecular complexity index is 1070. The molecule has 1 fully saturated rings. The minimum Gasteiger partial charge on any atom is -0.383 e. The molecule has 1 aliphatic carbocycles. The fraction of sp³-hybridized carbons (Fsp3) is 0.440. The zero-order chi connectivity index (χ0) is 24.6. The summed E-state index contributed by atoms with van der Waals surface area (Å²) in [6.45, 7) is 0.796. The number of benzene rings is 2. The van der Waals surface area contributed by atoms with Gasteiger partial charge < -0.3 is 16.0 Å². The minimum atomic E-state index is -3.36. The fourth-order valence-electron chi connectivity index (χ4n) is 4.17. The van der Waals surface area contributed by atoms with Gasteiger partial charge in [0.15, 0.2) is 9.84 Å². The molecule has 0 spiro atoms. The molecule has 0 heterocycles. The van der Waals surface area contributed by atoms with E-state index in [1.165, 1.54) is 42.8 Å². The van der Waals surface area contributed by atoms with Gasteiger partial charge in [-0.15, -0.1) is 0 Å². The Balaban J connectivity index is 1.59. The van der Waals surface area contributed by atoms with Crippen LogP contribution < -0.4 is 16.0 Å². The van der Waals surface area contributed by atoms with E-state index in [0.717, 1.165) is 37.6 Å². The number of nitrogens with one attached hydrogen (secondary N) is 3. The predicted molar refractivity (Wildman–Crippen MR) is 130 cm³/mol. The number of hydrogen-bond acceptors (Lipinski definition) is 5. The van der Waals surface area contributed by atoms with E-state index in [2.05, 4.69) is 16.0 Å². The number of anilines is 1. The summed E-state index contributed by atoms with van der Waals surface area (Å²) in [5.74, 6) is -0.617. The van der Waals surface area contributed by atoms with E-state index in [9.17, 15) is 22.4 Å². The zero-order valence-corrected chi connectivity index (χ0v) is 20.2. The molecule has 7 nitrogen and oxygen atoms in total.